The number of hydrogen-bond donors (Lipinski definition) is 2. The normalized spacial score (nSPS) is 11.8. The Hall–Kier alpha value is -3.46. The number of rotatable bonds is 4. The van der Waals surface area contributed by atoms with Gasteiger partial charge in [0, 0.05) is 6.21 Å². The van der Waals surface area contributed by atoms with Crippen molar-refractivity contribution in [1.29, 1.82) is 5.26 Å². The molecule has 2 rings (SSSR count). The van der Waals surface area contributed by atoms with Crippen LogP contribution in [0.2, 0.25) is 0 Å². The molecule has 0 aliphatic rings. The van der Waals surface area contributed by atoms with Gasteiger partial charge < -0.3 is 10.8 Å². The van der Waals surface area contributed by atoms with E-state index in [1.165, 1.54) is 54.7 Å². The van der Waals surface area contributed by atoms with Crippen LogP contribution in [0.15, 0.2) is 59.1 Å². The standard InChI is InChI=1S/C17H12FN3O2/c18-14-5-1-11(2-6-14)16(20)13(9-19)10-21-15-7-3-12(4-8-15)17(22)23/h1-8,10H,20H2,(H,22,23)/b16-13-,21-10?. The monoisotopic (exact) mass is 309 g/mol. The molecule has 0 fully saturated rings. The zero-order valence-corrected chi connectivity index (χ0v) is 11.9. The molecule has 0 unspecified atom stereocenters. The van der Waals surface area contributed by atoms with E-state index in [2.05, 4.69) is 4.99 Å². The maximum absolute atomic E-state index is 12.9. The Kier molecular flexibility index (Phi) is 4.85. The van der Waals surface area contributed by atoms with Gasteiger partial charge in [-0.2, -0.15) is 5.26 Å². The molecule has 23 heavy (non-hydrogen) atoms. The van der Waals surface area contributed by atoms with Crippen LogP contribution in [0.25, 0.3) is 5.70 Å². The molecule has 114 valence electrons. The molecule has 0 aromatic heterocycles. The molecule has 0 aliphatic heterocycles. The summed E-state index contributed by atoms with van der Waals surface area (Å²) in [7, 11) is 0. The lowest BCUT2D eigenvalue weighted by molar-refractivity contribution is 0.0697. The second-order valence-corrected chi connectivity index (χ2v) is 4.56. The SMILES string of the molecule is N#C/C(C=Nc1ccc(C(=O)O)cc1)=C(/N)c1ccc(F)cc1. The number of hydrogen-bond acceptors (Lipinski definition) is 4. The minimum atomic E-state index is -1.03. The third-order valence-electron chi connectivity index (χ3n) is 3.02. The largest absolute Gasteiger partial charge is 0.478 e. The molecule has 0 saturated carbocycles. The topological polar surface area (TPSA) is 99.5 Å². The number of nitrogens with zero attached hydrogens (tertiary/aromatic N) is 2. The molecule has 3 N–H and O–H groups in total. The summed E-state index contributed by atoms with van der Waals surface area (Å²) >= 11 is 0. The van der Waals surface area contributed by atoms with Crippen LogP contribution < -0.4 is 5.73 Å². The number of nitrogens with two attached hydrogens (primary N) is 1. The summed E-state index contributed by atoms with van der Waals surface area (Å²) in [4.78, 5) is 14.9. The van der Waals surface area contributed by atoms with Crippen molar-refractivity contribution in [3.63, 3.8) is 0 Å². The van der Waals surface area contributed by atoms with Crippen LogP contribution in [0.5, 0.6) is 0 Å². The van der Waals surface area contributed by atoms with E-state index in [0.29, 0.717) is 11.3 Å². The average molecular weight is 309 g/mol. The van der Waals surface area contributed by atoms with Crippen molar-refractivity contribution in [3.8, 4) is 6.07 Å². The van der Waals surface area contributed by atoms with Gasteiger partial charge in [-0.05, 0) is 54.1 Å². The average Bonchev–Trinajstić information content (AvgIpc) is 2.56. The van der Waals surface area contributed by atoms with E-state index in [1.807, 2.05) is 6.07 Å². The lowest BCUT2D eigenvalue weighted by atomic mass is 10.1. The van der Waals surface area contributed by atoms with Gasteiger partial charge in [-0.25, -0.2) is 9.18 Å². The van der Waals surface area contributed by atoms with Gasteiger partial charge in [-0.1, -0.05) is 0 Å². The van der Waals surface area contributed by atoms with Crippen LogP contribution in [0.1, 0.15) is 15.9 Å². The highest BCUT2D eigenvalue weighted by molar-refractivity contribution is 5.95. The van der Waals surface area contributed by atoms with Gasteiger partial charge in [0.2, 0.25) is 0 Å². The Morgan fingerprint density at radius 1 is 1.13 bits per heavy atom. The van der Waals surface area contributed by atoms with Crippen molar-refractivity contribution in [3.05, 3.63) is 71.0 Å². The van der Waals surface area contributed by atoms with Crippen LogP contribution in [0, 0.1) is 17.1 Å². The van der Waals surface area contributed by atoms with Crippen LogP contribution in [-0.2, 0) is 0 Å². The molecule has 0 amide bonds. The first-order chi connectivity index (χ1) is 11.0. The predicted molar refractivity (Wildman–Crippen MR) is 84.7 cm³/mol. The van der Waals surface area contributed by atoms with Gasteiger partial charge in [0.1, 0.15) is 11.9 Å². The number of carbonyl (C=O) groups is 1. The Morgan fingerprint density at radius 2 is 1.70 bits per heavy atom. The van der Waals surface area contributed by atoms with Gasteiger partial charge in [-0.3, -0.25) is 4.99 Å². The maximum Gasteiger partial charge on any atom is 0.335 e. The van der Waals surface area contributed by atoms with E-state index >= 15 is 0 Å². The van der Waals surface area contributed by atoms with Crippen molar-refractivity contribution in [1.82, 2.24) is 0 Å². The molecule has 0 saturated heterocycles. The molecule has 0 bridgehead atoms. The van der Waals surface area contributed by atoms with Crippen LogP contribution >= 0.6 is 0 Å². The van der Waals surface area contributed by atoms with Gasteiger partial charge >= 0.3 is 5.97 Å². The Bertz CT molecular complexity index is 816. The summed E-state index contributed by atoms with van der Waals surface area (Å²) in [6, 6.07) is 13.2. The van der Waals surface area contributed by atoms with Crippen molar-refractivity contribution in [2.75, 3.05) is 0 Å². The summed E-state index contributed by atoms with van der Waals surface area (Å²) in [5.41, 5.74) is 7.33. The van der Waals surface area contributed by atoms with E-state index in [1.54, 1.807) is 0 Å². The Morgan fingerprint density at radius 3 is 2.22 bits per heavy atom. The molecule has 5 nitrogen and oxygen atoms in total. The predicted octanol–water partition coefficient (Wildman–Crippen LogP) is 3.12. The first-order valence-electron chi connectivity index (χ1n) is 6.54. The van der Waals surface area contributed by atoms with E-state index in [9.17, 15) is 14.4 Å². The fourth-order valence-corrected chi connectivity index (χ4v) is 1.77. The molecule has 0 spiro atoms. The third-order valence-corrected chi connectivity index (χ3v) is 3.02. The highest BCUT2D eigenvalue weighted by Gasteiger charge is 2.05. The molecule has 2 aromatic carbocycles. The summed E-state index contributed by atoms with van der Waals surface area (Å²) in [6.45, 7) is 0. The Balaban J connectivity index is 2.27. The first-order valence-corrected chi connectivity index (χ1v) is 6.54. The maximum atomic E-state index is 12.9. The van der Waals surface area contributed by atoms with Crippen LogP contribution in [-0.4, -0.2) is 17.3 Å². The van der Waals surface area contributed by atoms with Crippen molar-refractivity contribution in [2.24, 2.45) is 10.7 Å². The fourth-order valence-electron chi connectivity index (χ4n) is 1.77. The van der Waals surface area contributed by atoms with E-state index in [-0.39, 0.29) is 16.8 Å². The van der Waals surface area contributed by atoms with Gasteiger partial charge in [0.05, 0.1) is 22.5 Å². The van der Waals surface area contributed by atoms with Gasteiger partial charge in [0.25, 0.3) is 0 Å². The molecular weight excluding hydrogens is 297 g/mol. The number of allylic oxidation sites excluding steroid dienone is 1. The van der Waals surface area contributed by atoms with E-state index < -0.39 is 11.8 Å². The summed E-state index contributed by atoms with van der Waals surface area (Å²) in [5.74, 6) is -1.43. The minimum absolute atomic E-state index is 0.124. The van der Waals surface area contributed by atoms with Gasteiger partial charge in [0.15, 0.2) is 0 Å². The first kappa shape index (κ1) is 15.9. The number of carboxylic acid groups (broad SMARTS) is 1. The molecule has 0 atom stereocenters. The summed E-state index contributed by atoms with van der Waals surface area (Å²) in [5, 5.41) is 18.0. The quantitative estimate of drug-likeness (QED) is 0.669. The number of carboxylic acids is 1. The van der Waals surface area contributed by atoms with Crippen LogP contribution in [0.3, 0.4) is 0 Å². The van der Waals surface area contributed by atoms with E-state index in [0.717, 1.165) is 0 Å². The molecule has 0 radical (unpaired) electrons. The van der Waals surface area contributed by atoms with Crippen molar-refractivity contribution < 1.29 is 14.3 Å². The van der Waals surface area contributed by atoms with Gasteiger partial charge in [-0.15, -0.1) is 0 Å². The third kappa shape index (κ3) is 4.02. The lowest BCUT2D eigenvalue weighted by Crippen LogP contribution is -2.01. The number of nitriles is 1. The van der Waals surface area contributed by atoms with Crippen molar-refractivity contribution in [2.45, 2.75) is 0 Å². The minimum Gasteiger partial charge on any atom is -0.478 e. The molecule has 6 heteroatoms. The highest BCUT2D eigenvalue weighted by Crippen LogP contribution is 2.16. The second-order valence-electron chi connectivity index (χ2n) is 4.56. The van der Waals surface area contributed by atoms with E-state index in [4.69, 9.17) is 10.8 Å². The van der Waals surface area contributed by atoms with Crippen molar-refractivity contribution >= 4 is 23.6 Å². The number of benzene rings is 2. The fraction of sp³-hybridized carbons (Fsp3) is 0. The Labute approximate surface area is 131 Å². The number of aromatic carboxylic acids is 1. The molecule has 0 heterocycles. The molecule has 0 aliphatic carbocycles. The van der Waals surface area contributed by atoms with Crippen LogP contribution in [0.4, 0.5) is 10.1 Å². The molecule has 2 aromatic rings. The number of aliphatic imine (C=N–C) groups is 1. The summed E-state index contributed by atoms with van der Waals surface area (Å²) < 4.78 is 12.9. The zero-order chi connectivity index (χ0) is 16.8. The smallest absolute Gasteiger partial charge is 0.335 e. The zero-order valence-electron chi connectivity index (χ0n) is 11.9. The lowest BCUT2D eigenvalue weighted by Gasteiger charge is -2.02. The summed E-state index contributed by atoms with van der Waals surface area (Å²) in [6.07, 6.45) is 1.29. The highest BCUT2D eigenvalue weighted by atomic mass is 19.1. The number of halogens is 1. The second kappa shape index (κ2) is 7.00. The molecular formula is C17H12FN3O2.